The van der Waals surface area contributed by atoms with Gasteiger partial charge in [0, 0.05) is 36.9 Å². The monoisotopic (exact) mass is 358 g/mol. The van der Waals surface area contributed by atoms with Crippen LogP contribution in [0.25, 0.3) is 0 Å². The van der Waals surface area contributed by atoms with Crippen molar-refractivity contribution in [3.63, 3.8) is 0 Å². The van der Waals surface area contributed by atoms with Crippen molar-refractivity contribution in [2.75, 3.05) is 31.8 Å². The van der Waals surface area contributed by atoms with E-state index in [1.54, 1.807) is 50.1 Å². The molecule has 6 heteroatoms. The summed E-state index contributed by atoms with van der Waals surface area (Å²) < 4.78 is 5.40. The molecule has 25 heavy (non-hydrogen) atoms. The van der Waals surface area contributed by atoms with E-state index in [0.717, 1.165) is 10.6 Å². The molecule has 0 fully saturated rings. The topological polar surface area (TPSA) is 58.6 Å². The Morgan fingerprint density at radius 3 is 2.36 bits per heavy atom. The van der Waals surface area contributed by atoms with Crippen LogP contribution in [-0.2, 0) is 9.59 Å². The van der Waals surface area contributed by atoms with Crippen molar-refractivity contribution in [1.82, 2.24) is 4.90 Å². The summed E-state index contributed by atoms with van der Waals surface area (Å²) >= 11 is 1.66. The van der Waals surface area contributed by atoms with E-state index in [9.17, 15) is 9.59 Å². The molecule has 0 aliphatic heterocycles. The third-order valence-corrected chi connectivity index (χ3v) is 4.35. The summed E-state index contributed by atoms with van der Waals surface area (Å²) in [6.07, 6.45) is 0.440. The van der Waals surface area contributed by atoms with E-state index in [2.05, 4.69) is 5.32 Å². The van der Waals surface area contributed by atoms with Crippen LogP contribution in [0.2, 0.25) is 0 Å². The fourth-order valence-corrected chi connectivity index (χ4v) is 2.78. The Hall–Kier alpha value is -2.47. The molecule has 2 amide bonds. The van der Waals surface area contributed by atoms with Crippen LogP contribution in [0.5, 0.6) is 5.75 Å². The molecule has 0 atom stereocenters. The van der Waals surface area contributed by atoms with Gasteiger partial charge in [0.15, 0.2) is 6.61 Å². The highest BCUT2D eigenvalue weighted by Crippen LogP contribution is 2.19. The van der Waals surface area contributed by atoms with E-state index >= 15 is 0 Å². The van der Waals surface area contributed by atoms with Crippen LogP contribution in [0, 0.1) is 0 Å². The average Bonchev–Trinajstić information content (AvgIpc) is 2.61. The number of benzene rings is 2. The molecule has 0 aliphatic rings. The SMILES string of the molecule is CN(C)C(=O)COc1ccc(NC(=O)CCSc2ccccc2)cc1. The summed E-state index contributed by atoms with van der Waals surface area (Å²) in [4.78, 5) is 26.1. The number of hydrogen-bond donors (Lipinski definition) is 1. The van der Waals surface area contributed by atoms with Crippen molar-refractivity contribution in [3.8, 4) is 5.75 Å². The number of rotatable bonds is 8. The highest BCUT2D eigenvalue weighted by molar-refractivity contribution is 7.99. The first kappa shape index (κ1) is 18.9. The van der Waals surface area contributed by atoms with Gasteiger partial charge in [0.1, 0.15) is 5.75 Å². The normalized spacial score (nSPS) is 10.2. The number of carbonyl (C=O) groups excluding carboxylic acids is 2. The van der Waals surface area contributed by atoms with Gasteiger partial charge in [0.05, 0.1) is 0 Å². The fraction of sp³-hybridized carbons (Fsp3) is 0.263. The number of carbonyl (C=O) groups is 2. The lowest BCUT2D eigenvalue weighted by Crippen LogP contribution is -2.27. The fourth-order valence-electron chi connectivity index (χ4n) is 1.91. The first-order chi connectivity index (χ1) is 12.0. The molecule has 0 aromatic heterocycles. The Morgan fingerprint density at radius 1 is 1.04 bits per heavy atom. The van der Waals surface area contributed by atoms with Crippen LogP contribution < -0.4 is 10.1 Å². The lowest BCUT2D eigenvalue weighted by atomic mass is 10.3. The smallest absolute Gasteiger partial charge is 0.259 e. The third-order valence-electron chi connectivity index (χ3n) is 3.34. The number of anilines is 1. The predicted molar refractivity (Wildman–Crippen MR) is 101 cm³/mol. The van der Waals surface area contributed by atoms with Gasteiger partial charge in [-0.3, -0.25) is 9.59 Å². The Labute approximate surface area is 152 Å². The number of likely N-dealkylation sites (N-methyl/N-ethyl adjacent to an activating group) is 1. The minimum atomic E-state index is -0.103. The molecule has 5 nitrogen and oxygen atoms in total. The van der Waals surface area contributed by atoms with Gasteiger partial charge in [-0.05, 0) is 36.4 Å². The Morgan fingerprint density at radius 2 is 1.72 bits per heavy atom. The second-order valence-corrected chi connectivity index (χ2v) is 6.73. The molecule has 132 valence electrons. The maximum atomic E-state index is 12.0. The molecule has 0 aliphatic carbocycles. The quantitative estimate of drug-likeness (QED) is 0.736. The lowest BCUT2D eigenvalue weighted by Gasteiger charge is -2.11. The molecule has 2 aromatic rings. The average molecular weight is 358 g/mol. The Balaban J connectivity index is 1.72. The molecule has 1 N–H and O–H groups in total. The summed E-state index contributed by atoms with van der Waals surface area (Å²) in [6.45, 7) is -0.00455. The summed E-state index contributed by atoms with van der Waals surface area (Å²) in [5.41, 5.74) is 0.709. The number of nitrogens with one attached hydrogen (secondary N) is 1. The molecule has 0 saturated heterocycles. The zero-order valence-corrected chi connectivity index (χ0v) is 15.2. The van der Waals surface area contributed by atoms with E-state index in [-0.39, 0.29) is 18.4 Å². The van der Waals surface area contributed by atoms with Gasteiger partial charge in [0.2, 0.25) is 5.91 Å². The van der Waals surface area contributed by atoms with Gasteiger partial charge in [-0.25, -0.2) is 0 Å². The summed E-state index contributed by atoms with van der Waals surface area (Å²) in [6, 6.07) is 17.0. The predicted octanol–water partition coefficient (Wildman–Crippen LogP) is 3.27. The lowest BCUT2D eigenvalue weighted by molar-refractivity contribution is -0.130. The molecule has 0 spiro atoms. The number of thioether (sulfide) groups is 1. The van der Waals surface area contributed by atoms with E-state index in [1.807, 2.05) is 30.3 Å². The summed E-state index contributed by atoms with van der Waals surface area (Å²) in [7, 11) is 3.36. The molecule has 0 unspecified atom stereocenters. The number of nitrogens with zero attached hydrogens (tertiary/aromatic N) is 1. The van der Waals surface area contributed by atoms with Gasteiger partial charge in [-0.15, -0.1) is 11.8 Å². The van der Waals surface area contributed by atoms with Crippen LogP contribution in [0.4, 0.5) is 5.69 Å². The van der Waals surface area contributed by atoms with Crippen LogP contribution in [0.1, 0.15) is 6.42 Å². The van der Waals surface area contributed by atoms with Crippen molar-refractivity contribution >= 4 is 29.3 Å². The van der Waals surface area contributed by atoms with Crippen molar-refractivity contribution in [3.05, 3.63) is 54.6 Å². The first-order valence-corrected chi connectivity index (χ1v) is 8.94. The number of amides is 2. The first-order valence-electron chi connectivity index (χ1n) is 7.95. The van der Waals surface area contributed by atoms with Crippen molar-refractivity contribution in [2.24, 2.45) is 0 Å². The number of ether oxygens (including phenoxy) is 1. The van der Waals surface area contributed by atoms with Crippen molar-refractivity contribution < 1.29 is 14.3 Å². The molecule has 0 heterocycles. The van der Waals surface area contributed by atoms with Crippen molar-refractivity contribution in [2.45, 2.75) is 11.3 Å². The van der Waals surface area contributed by atoms with E-state index in [0.29, 0.717) is 17.9 Å². The maximum Gasteiger partial charge on any atom is 0.259 e. The zero-order chi connectivity index (χ0) is 18.1. The van der Waals surface area contributed by atoms with E-state index in [4.69, 9.17) is 4.74 Å². The molecular weight excluding hydrogens is 336 g/mol. The Kier molecular flexibility index (Phi) is 7.35. The standard InChI is InChI=1S/C19H22N2O3S/c1-21(2)19(23)14-24-16-10-8-15(9-11-16)20-18(22)12-13-25-17-6-4-3-5-7-17/h3-11H,12-14H2,1-2H3,(H,20,22). The largest absolute Gasteiger partial charge is 0.484 e. The summed E-state index contributed by atoms with van der Waals surface area (Å²) in [5, 5.41) is 2.86. The van der Waals surface area contributed by atoms with Gasteiger partial charge in [-0.1, -0.05) is 18.2 Å². The molecular formula is C19H22N2O3S. The van der Waals surface area contributed by atoms with Crippen LogP contribution in [-0.4, -0.2) is 43.2 Å². The highest BCUT2D eigenvalue weighted by atomic mass is 32.2. The minimum absolute atomic E-state index is 0.00455. The molecule has 0 bridgehead atoms. The second-order valence-electron chi connectivity index (χ2n) is 5.56. The third kappa shape index (κ3) is 6.89. The van der Waals surface area contributed by atoms with Crippen LogP contribution in [0.15, 0.2) is 59.5 Å². The Bertz CT molecular complexity index is 688. The molecule has 0 saturated carbocycles. The van der Waals surface area contributed by atoms with Crippen LogP contribution >= 0.6 is 11.8 Å². The zero-order valence-electron chi connectivity index (χ0n) is 14.4. The molecule has 0 radical (unpaired) electrons. The van der Waals surface area contributed by atoms with E-state index in [1.165, 1.54) is 4.90 Å². The minimum Gasteiger partial charge on any atom is -0.484 e. The van der Waals surface area contributed by atoms with Gasteiger partial charge < -0.3 is 15.0 Å². The highest BCUT2D eigenvalue weighted by Gasteiger charge is 2.06. The van der Waals surface area contributed by atoms with Gasteiger partial charge in [0.25, 0.3) is 5.91 Å². The molecule has 2 rings (SSSR count). The van der Waals surface area contributed by atoms with Gasteiger partial charge in [-0.2, -0.15) is 0 Å². The van der Waals surface area contributed by atoms with Crippen LogP contribution in [0.3, 0.4) is 0 Å². The summed E-state index contributed by atoms with van der Waals surface area (Å²) in [5.74, 6) is 1.19. The van der Waals surface area contributed by atoms with Gasteiger partial charge >= 0.3 is 0 Å². The van der Waals surface area contributed by atoms with E-state index < -0.39 is 0 Å². The second kappa shape index (κ2) is 9.74. The van der Waals surface area contributed by atoms with Crippen molar-refractivity contribution in [1.29, 1.82) is 0 Å². The molecule has 2 aromatic carbocycles. The number of hydrogen-bond acceptors (Lipinski definition) is 4. The maximum absolute atomic E-state index is 12.0.